The highest BCUT2D eigenvalue weighted by molar-refractivity contribution is 7.99. The van der Waals surface area contributed by atoms with Crippen LogP contribution in [0.1, 0.15) is 11.1 Å². The number of benzene rings is 2. The van der Waals surface area contributed by atoms with Crippen molar-refractivity contribution < 1.29 is 0 Å². The second kappa shape index (κ2) is 4.76. The topological polar surface area (TPSA) is 12.4 Å². The summed E-state index contributed by atoms with van der Waals surface area (Å²) in [6, 6.07) is 19.0. The lowest BCUT2D eigenvalue weighted by atomic mass is 10.0. The fourth-order valence-electron chi connectivity index (χ4n) is 2.03. The fraction of sp³-hybridized carbons (Fsp3) is 0.133. The number of rotatable bonds is 1. The minimum absolute atomic E-state index is 0.892. The summed E-state index contributed by atoms with van der Waals surface area (Å²) in [5.74, 6) is 1.06. The summed E-state index contributed by atoms with van der Waals surface area (Å²) >= 11 is 1.89. The average Bonchev–Trinajstić information content (AvgIpc) is 2.62. The molecule has 0 spiro atoms. The van der Waals surface area contributed by atoms with Gasteiger partial charge in [0.25, 0.3) is 0 Å². The summed E-state index contributed by atoms with van der Waals surface area (Å²) in [6.07, 6.45) is 0. The molecule has 0 aromatic heterocycles. The lowest BCUT2D eigenvalue weighted by molar-refractivity contribution is 1.15. The Balaban J connectivity index is 2.14. The lowest BCUT2D eigenvalue weighted by Crippen LogP contribution is -2.04. The molecule has 0 atom stereocenters. The molecular weight excluding hydrogens is 226 g/mol. The number of thioether (sulfide) groups is 1. The zero-order valence-corrected chi connectivity index (χ0v) is 10.3. The smallest absolute Gasteiger partial charge is 0.0730 e. The molecule has 1 heterocycles. The Morgan fingerprint density at radius 2 is 1.65 bits per heavy atom. The zero-order chi connectivity index (χ0) is 11.5. The van der Waals surface area contributed by atoms with E-state index in [1.165, 1.54) is 16.0 Å². The minimum atomic E-state index is 0.892. The Morgan fingerprint density at radius 3 is 2.53 bits per heavy atom. The zero-order valence-electron chi connectivity index (χ0n) is 9.47. The van der Waals surface area contributed by atoms with Crippen molar-refractivity contribution in [2.45, 2.75) is 4.90 Å². The predicted molar refractivity (Wildman–Crippen MR) is 74.1 cm³/mol. The van der Waals surface area contributed by atoms with Gasteiger partial charge in [-0.2, -0.15) is 0 Å². The third-order valence-corrected chi connectivity index (χ3v) is 3.86. The van der Waals surface area contributed by atoms with Crippen molar-refractivity contribution in [2.24, 2.45) is 4.99 Å². The highest BCUT2D eigenvalue weighted by Crippen LogP contribution is 2.27. The van der Waals surface area contributed by atoms with Crippen LogP contribution in [0.2, 0.25) is 0 Å². The fourth-order valence-corrected chi connectivity index (χ4v) is 2.93. The largest absolute Gasteiger partial charge is 0.283 e. The van der Waals surface area contributed by atoms with E-state index in [1.807, 2.05) is 17.8 Å². The Hall–Kier alpha value is -1.54. The van der Waals surface area contributed by atoms with Crippen LogP contribution < -0.4 is 0 Å². The van der Waals surface area contributed by atoms with E-state index in [0.29, 0.717) is 0 Å². The molecular formula is C15H13NS. The maximum atomic E-state index is 4.73. The van der Waals surface area contributed by atoms with E-state index in [2.05, 4.69) is 48.5 Å². The summed E-state index contributed by atoms with van der Waals surface area (Å²) in [5, 5.41) is 0. The van der Waals surface area contributed by atoms with Crippen LogP contribution in [0.5, 0.6) is 0 Å². The molecule has 0 aliphatic carbocycles. The van der Waals surface area contributed by atoms with Gasteiger partial charge in [-0.25, -0.2) is 0 Å². The molecule has 0 saturated carbocycles. The molecule has 0 N–H and O–H groups in total. The van der Waals surface area contributed by atoms with Gasteiger partial charge < -0.3 is 0 Å². The first-order valence-corrected chi connectivity index (χ1v) is 6.76. The van der Waals surface area contributed by atoms with Crippen molar-refractivity contribution in [3.63, 3.8) is 0 Å². The Kier molecular flexibility index (Phi) is 2.97. The van der Waals surface area contributed by atoms with Gasteiger partial charge in [-0.15, -0.1) is 11.8 Å². The van der Waals surface area contributed by atoms with E-state index in [4.69, 9.17) is 4.99 Å². The summed E-state index contributed by atoms with van der Waals surface area (Å²) < 4.78 is 0. The molecule has 0 unspecified atom stereocenters. The van der Waals surface area contributed by atoms with Crippen LogP contribution in [0.3, 0.4) is 0 Å². The SMILES string of the molecule is c1ccc(C2=NCCSc3ccccc32)cc1. The van der Waals surface area contributed by atoms with Crippen LogP contribution >= 0.6 is 11.8 Å². The highest BCUT2D eigenvalue weighted by Gasteiger charge is 2.13. The summed E-state index contributed by atoms with van der Waals surface area (Å²) in [4.78, 5) is 6.07. The van der Waals surface area contributed by atoms with Crippen molar-refractivity contribution in [2.75, 3.05) is 12.3 Å². The quantitative estimate of drug-likeness (QED) is 0.740. The molecule has 84 valence electrons. The van der Waals surface area contributed by atoms with Crippen molar-refractivity contribution in [3.8, 4) is 0 Å². The van der Waals surface area contributed by atoms with Crippen molar-refractivity contribution in [3.05, 3.63) is 65.7 Å². The number of hydrogen-bond acceptors (Lipinski definition) is 2. The molecule has 0 amide bonds. The van der Waals surface area contributed by atoms with Gasteiger partial charge in [0, 0.05) is 28.3 Å². The maximum absolute atomic E-state index is 4.73. The van der Waals surface area contributed by atoms with Gasteiger partial charge in [0.15, 0.2) is 0 Å². The number of hydrogen-bond donors (Lipinski definition) is 0. The van der Waals surface area contributed by atoms with Crippen LogP contribution in [-0.4, -0.2) is 18.0 Å². The standard InChI is InChI=1S/C15H13NS/c1-2-6-12(7-3-1)15-13-8-4-5-9-14(13)17-11-10-16-15/h1-9H,10-11H2. The Bertz CT molecular complexity index is 546. The van der Waals surface area contributed by atoms with Crippen LogP contribution in [0.25, 0.3) is 0 Å². The van der Waals surface area contributed by atoms with E-state index in [-0.39, 0.29) is 0 Å². The summed E-state index contributed by atoms with van der Waals surface area (Å²) in [5.41, 5.74) is 3.61. The Labute approximate surface area is 106 Å². The summed E-state index contributed by atoms with van der Waals surface area (Å²) in [6.45, 7) is 0.892. The minimum Gasteiger partial charge on any atom is -0.283 e. The Morgan fingerprint density at radius 1 is 0.882 bits per heavy atom. The number of aliphatic imine (C=N–C) groups is 1. The first-order chi connectivity index (χ1) is 8.45. The average molecular weight is 239 g/mol. The molecule has 1 aliphatic heterocycles. The molecule has 0 bridgehead atoms. The van der Waals surface area contributed by atoms with Crippen molar-refractivity contribution >= 4 is 17.5 Å². The third-order valence-electron chi connectivity index (χ3n) is 2.81. The van der Waals surface area contributed by atoms with Crippen LogP contribution in [0.4, 0.5) is 0 Å². The molecule has 0 radical (unpaired) electrons. The van der Waals surface area contributed by atoms with Gasteiger partial charge in [0.2, 0.25) is 0 Å². The molecule has 1 nitrogen and oxygen atoms in total. The van der Waals surface area contributed by atoms with Crippen LogP contribution in [0.15, 0.2) is 64.5 Å². The number of fused-ring (bicyclic) bond motifs is 1. The highest BCUT2D eigenvalue weighted by atomic mass is 32.2. The molecule has 2 heteroatoms. The number of nitrogens with zero attached hydrogens (tertiary/aromatic N) is 1. The van der Waals surface area contributed by atoms with Crippen LogP contribution in [0, 0.1) is 0 Å². The van der Waals surface area contributed by atoms with Gasteiger partial charge in [-0.3, -0.25) is 4.99 Å². The van der Waals surface area contributed by atoms with Gasteiger partial charge in [-0.1, -0.05) is 48.5 Å². The molecule has 1 aliphatic rings. The third kappa shape index (κ3) is 2.13. The van der Waals surface area contributed by atoms with E-state index >= 15 is 0 Å². The molecule has 2 aromatic carbocycles. The molecule has 0 fully saturated rings. The van der Waals surface area contributed by atoms with E-state index in [9.17, 15) is 0 Å². The second-order valence-electron chi connectivity index (χ2n) is 3.94. The second-order valence-corrected chi connectivity index (χ2v) is 5.08. The molecule has 3 rings (SSSR count). The molecule has 17 heavy (non-hydrogen) atoms. The molecule has 0 saturated heterocycles. The van der Waals surface area contributed by atoms with Crippen molar-refractivity contribution in [1.29, 1.82) is 0 Å². The first kappa shape index (κ1) is 10.6. The summed E-state index contributed by atoms with van der Waals surface area (Å²) in [7, 11) is 0. The van der Waals surface area contributed by atoms with Crippen molar-refractivity contribution in [1.82, 2.24) is 0 Å². The first-order valence-electron chi connectivity index (χ1n) is 5.77. The van der Waals surface area contributed by atoms with Gasteiger partial charge in [0.05, 0.1) is 5.71 Å². The molecule has 2 aromatic rings. The van der Waals surface area contributed by atoms with Gasteiger partial charge >= 0.3 is 0 Å². The monoisotopic (exact) mass is 239 g/mol. The maximum Gasteiger partial charge on any atom is 0.0730 e. The van der Waals surface area contributed by atoms with E-state index < -0.39 is 0 Å². The lowest BCUT2D eigenvalue weighted by Gasteiger charge is -2.08. The van der Waals surface area contributed by atoms with E-state index in [1.54, 1.807) is 0 Å². The van der Waals surface area contributed by atoms with Crippen LogP contribution in [-0.2, 0) is 0 Å². The normalized spacial score (nSPS) is 14.7. The van der Waals surface area contributed by atoms with Gasteiger partial charge in [0.1, 0.15) is 0 Å². The van der Waals surface area contributed by atoms with E-state index in [0.717, 1.165) is 18.0 Å². The predicted octanol–water partition coefficient (Wildman–Crippen LogP) is 3.63. The van der Waals surface area contributed by atoms with Gasteiger partial charge in [-0.05, 0) is 6.07 Å².